The van der Waals surface area contributed by atoms with Crippen molar-refractivity contribution in [3.8, 4) is 0 Å². The third-order valence-electron chi connectivity index (χ3n) is 9.42. The molecular weight excluding hydrogens is 885 g/mol. The van der Waals surface area contributed by atoms with Gasteiger partial charge < -0.3 is 5.11 Å². The first-order valence-electron chi connectivity index (χ1n) is 19.9. The van der Waals surface area contributed by atoms with E-state index in [2.05, 4.69) is 194 Å². The summed E-state index contributed by atoms with van der Waals surface area (Å²) < 4.78 is 11.6. The average molecular weight is 937 g/mol. The summed E-state index contributed by atoms with van der Waals surface area (Å²) in [6.45, 7) is 2.25. The van der Waals surface area contributed by atoms with E-state index in [1.54, 1.807) is 30.3 Å². The number of hydrogen-bond donors (Lipinski definition) is 4. The Balaban J connectivity index is 0.000000594. The number of carboxylic acid groups (broad SMARTS) is 1. The first-order valence-corrected chi connectivity index (χ1v) is 28.1. The number of hydrogen-bond acceptors (Lipinski definition) is 5. The van der Waals surface area contributed by atoms with Crippen LogP contribution in [0.2, 0.25) is 0 Å². The van der Waals surface area contributed by atoms with Crippen molar-refractivity contribution in [3.63, 3.8) is 0 Å². The van der Waals surface area contributed by atoms with Gasteiger partial charge in [0.25, 0.3) is 0 Å². The van der Waals surface area contributed by atoms with Crippen molar-refractivity contribution in [1.29, 1.82) is 0 Å². The number of rotatable bonds is 20. The molecule has 0 unspecified atom stereocenters. The fraction of sp³-hybridized carbons (Fsp3) is 0.120. The first kappa shape index (κ1) is 45.0. The third kappa shape index (κ3) is 13.8. The molecule has 0 saturated heterocycles. The van der Waals surface area contributed by atoms with Crippen molar-refractivity contribution in [2.24, 2.45) is 0 Å². The summed E-state index contributed by atoms with van der Waals surface area (Å²) in [5, 5.41) is 16.5. The van der Waals surface area contributed by atoms with Crippen LogP contribution in [0, 0.1) is 0 Å². The quantitative estimate of drug-likeness (QED) is 0.0358. The van der Waals surface area contributed by atoms with Crippen molar-refractivity contribution in [1.82, 2.24) is 12.2 Å². The van der Waals surface area contributed by atoms with Crippen LogP contribution in [0.25, 0.3) is 0 Å². The molecule has 0 aliphatic rings. The summed E-state index contributed by atoms with van der Waals surface area (Å²) in [7, 11) is -1.73. The summed E-state index contributed by atoms with van der Waals surface area (Å²) in [6, 6.07) is 73.3. The Hall–Kier alpha value is -4.53. The van der Waals surface area contributed by atoms with Crippen molar-refractivity contribution >= 4 is 66.4 Å². The van der Waals surface area contributed by atoms with Gasteiger partial charge in [0.2, 0.25) is 0 Å². The Morgan fingerprint density at radius 3 is 0.800 bits per heavy atom. The molecule has 60 heavy (non-hydrogen) atoms. The van der Waals surface area contributed by atoms with Gasteiger partial charge in [-0.05, 0) is 12.1 Å². The molecule has 0 heterocycles. The minimum absolute atomic E-state index is 0.331. The van der Waals surface area contributed by atoms with E-state index in [9.17, 15) is 9.59 Å². The number of carbonyl (C=O) groups is 2. The van der Waals surface area contributed by atoms with Crippen LogP contribution in [0.5, 0.6) is 0 Å². The molecule has 0 amide bonds. The normalized spacial score (nSPS) is 11.5. The zero-order valence-electron chi connectivity index (χ0n) is 33.5. The van der Waals surface area contributed by atoms with Crippen molar-refractivity contribution in [2.45, 2.75) is 0 Å². The molecule has 0 atom stereocenters. The molecule has 0 aromatic heterocycles. The van der Waals surface area contributed by atoms with Gasteiger partial charge in [-0.25, -0.2) is 4.79 Å². The van der Waals surface area contributed by atoms with Gasteiger partial charge in [0, 0.05) is 0 Å². The van der Waals surface area contributed by atoms with Gasteiger partial charge in [-0.15, -0.1) is 0 Å². The van der Waals surface area contributed by atoms with Crippen LogP contribution in [0.15, 0.2) is 212 Å². The zero-order chi connectivity index (χ0) is 41.7. The van der Waals surface area contributed by atoms with Crippen LogP contribution in [-0.2, 0) is 20.3 Å². The summed E-state index contributed by atoms with van der Waals surface area (Å²) >= 11 is -3.40. The maximum absolute atomic E-state index is 13.4. The summed E-state index contributed by atoms with van der Waals surface area (Å²) in [5.41, 5.74) is 0.331. The predicted molar refractivity (Wildman–Crippen MR) is 256 cm³/mol. The van der Waals surface area contributed by atoms with E-state index < -0.39 is 45.2 Å². The standard InChI is InChI=1S/3C14H15NP.C7H6O2.CHO.Ru/c3*15-11-12-16(13-7-3-1-4-8-13)14-9-5-2-6-10-14;8-7(9)6-4-2-1-3-5-6;1-2;/h3*1-10,15H,11-12H2;1-5H,(H,8,9);1H;/q3*-1;;;+3. The van der Waals surface area contributed by atoms with E-state index in [-0.39, 0.29) is 0 Å². The summed E-state index contributed by atoms with van der Waals surface area (Å²) in [5.74, 6) is -0.879. The van der Waals surface area contributed by atoms with E-state index in [1.165, 1.54) is 36.7 Å². The van der Waals surface area contributed by atoms with E-state index in [0.29, 0.717) is 5.56 Å². The van der Waals surface area contributed by atoms with Gasteiger partial charge in [0.1, 0.15) is 0 Å². The monoisotopic (exact) mass is 937 g/mol. The number of carbonyl (C=O) groups excluding carboxylic acids is 1. The molecule has 7 aromatic rings. The van der Waals surface area contributed by atoms with Crippen LogP contribution >= 0.6 is 23.8 Å². The molecule has 7 aromatic carbocycles. The van der Waals surface area contributed by atoms with Crippen LogP contribution in [0.3, 0.4) is 0 Å². The Kier molecular flexibility index (Phi) is 18.5. The minimum atomic E-state index is -3.40. The number of carboxylic acids is 1. The van der Waals surface area contributed by atoms with Gasteiger partial charge in [-0.1, -0.05) is 18.2 Å². The Labute approximate surface area is 362 Å². The van der Waals surface area contributed by atoms with Gasteiger partial charge in [0.05, 0.1) is 5.56 Å². The first-order chi connectivity index (χ1) is 29.5. The summed E-state index contributed by atoms with van der Waals surface area (Å²) in [6.07, 6.45) is 2.85. The second kappa shape index (κ2) is 24.7. The zero-order valence-corrected chi connectivity index (χ0v) is 37.9. The average Bonchev–Trinajstić information content (AvgIpc) is 3.32. The molecular formula is C50H52N3O3P3Ru. The maximum atomic E-state index is 13.4. The molecule has 0 fully saturated rings. The van der Waals surface area contributed by atoms with Crippen LogP contribution in [0.1, 0.15) is 10.4 Å². The molecule has 0 saturated carbocycles. The van der Waals surface area contributed by atoms with Crippen molar-refractivity contribution in [3.05, 3.63) is 218 Å². The van der Waals surface area contributed by atoms with Crippen molar-refractivity contribution < 1.29 is 30.2 Å². The molecule has 0 spiro atoms. The van der Waals surface area contributed by atoms with Gasteiger partial charge in [-0.2, -0.15) is 0 Å². The Morgan fingerprint density at radius 1 is 0.400 bits per heavy atom. The number of nitrogens with one attached hydrogen (secondary N) is 3. The molecule has 308 valence electrons. The molecule has 0 aliphatic heterocycles. The fourth-order valence-corrected chi connectivity index (χ4v) is 18.0. The van der Waals surface area contributed by atoms with Gasteiger partial charge >= 0.3 is 319 Å². The second-order valence-electron chi connectivity index (χ2n) is 13.4. The fourth-order valence-electron chi connectivity index (χ4n) is 6.54. The van der Waals surface area contributed by atoms with E-state index in [1.807, 2.05) is 0 Å². The molecule has 4 N–H and O–H groups in total. The molecule has 0 aliphatic carbocycles. The molecule has 6 nitrogen and oxygen atoms in total. The predicted octanol–water partition coefficient (Wildman–Crippen LogP) is 7.63. The van der Waals surface area contributed by atoms with E-state index in [0.717, 1.165) is 38.1 Å². The van der Waals surface area contributed by atoms with Crippen LogP contribution in [0.4, 0.5) is 0 Å². The SMILES string of the molecule is O=C(O)c1ccccc1.O=[CH][Ru]([NH]CCP(c1ccccc1)c1ccccc1)([NH]CCP(c1ccccc1)c1ccccc1)[NH]CCP(c1ccccc1)c1ccccc1. The molecule has 7 rings (SSSR count). The van der Waals surface area contributed by atoms with Crippen molar-refractivity contribution in [2.75, 3.05) is 38.1 Å². The number of benzene rings is 7. The van der Waals surface area contributed by atoms with E-state index in [4.69, 9.17) is 5.11 Å². The molecule has 10 heteroatoms. The van der Waals surface area contributed by atoms with Crippen LogP contribution in [-0.4, -0.2) is 54.1 Å². The Morgan fingerprint density at radius 2 is 0.617 bits per heavy atom. The summed E-state index contributed by atoms with van der Waals surface area (Å²) in [4.78, 5) is 24.8. The topological polar surface area (TPSA) is 90.5 Å². The molecule has 0 radical (unpaired) electrons. The van der Waals surface area contributed by atoms with Crippen LogP contribution < -0.4 is 44.0 Å². The van der Waals surface area contributed by atoms with E-state index >= 15 is 0 Å². The number of aromatic carboxylic acids is 1. The molecule has 0 bridgehead atoms. The second-order valence-corrected chi connectivity index (χ2v) is 25.5. The third-order valence-corrected chi connectivity index (χ3v) is 21.8. The Bertz CT molecular complexity index is 1930. The van der Waals surface area contributed by atoms with Gasteiger partial charge in [-0.3, -0.25) is 0 Å². The van der Waals surface area contributed by atoms with Gasteiger partial charge in [0.15, 0.2) is 0 Å².